The number of rotatable bonds is 21. The van der Waals surface area contributed by atoms with Gasteiger partial charge in [-0.15, -0.1) is 21.5 Å². The maximum absolute atomic E-state index is 6.95. The fourth-order valence-corrected chi connectivity index (χ4v) is 7.00. The summed E-state index contributed by atoms with van der Waals surface area (Å²) in [5, 5.41) is 10.7. The van der Waals surface area contributed by atoms with E-state index in [1.807, 2.05) is 12.3 Å². The van der Waals surface area contributed by atoms with Gasteiger partial charge in [-0.3, -0.25) is 0 Å². The van der Waals surface area contributed by atoms with Gasteiger partial charge in [0, 0.05) is 44.1 Å². The number of ether oxygens (including phenoxy) is 5. The lowest BCUT2D eigenvalue weighted by molar-refractivity contribution is -0.268. The van der Waals surface area contributed by atoms with Crippen molar-refractivity contribution in [1.82, 2.24) is 15.2 Å². The van der Waals surface area contributed by atoms with Gasteiger partial charge in [0.15, 0.2) is 5.01 Å². The lowest BCUT2D eigenvalue weighted by atomic mass is 9.89. The van der Waals surface area contributed by atoms with Gasteiger partial charge in [-0.25, -0.2) is 4.98 Å². The number of benzene rings is 1. The van der Waals surface area contributed by atoms with E-state index in [0.29, 0.717) is 44.5 Å². The van der Waals surface area contributed by atoms with Crippen LogP contribution in [0.5, 0.6) is 0 Å². The SMILES string of the molecule is CCCCOC[C@H]1O[C@@H](c2ccc(Cl)c(Cc3ncc(-c4nncs4)s3)c2)[C@H](OCCCC)[C@@H](OCCCC)[C@@H]1OCCCC. The van der Waals surface area contributed by atoms with Crippen LogP contribution in [0.4, 0.5) is 0 Å². The van der Waals surface area contributed by atoms with Crippen molar-refractivity contribution in [1.29, 1.82) is 0 Å². The first-order valence-corrected chi connectivity index (χ1v) is 18.7. The quantitative estimate of drug-likeness (QED) is 0.103. The predicted octanol–water partition coefficient (Wildman–Crippen LogP) is 8.72. The molecule has 0 bridgehead atoms. The van der Waals surface area contributed by atoms with Crippen LogP contribution in [0, 0.1) is 0 Å². The number of hydrogen-bond acceptors (Lipinski definition) is 10. The summed E-state index contributed by atoms with van der Waals surface area (Å²) >= 11 is 9.91. The molecule has 1 aliphatic rings. The smallest absolute Gasteiger partial charge is 0.159 e. The van der Waals surface area contributed by atoms with Gasteiger partial charge in [0.25, 0.3) is 0 Å². The van der Waals surface area contributed by atoms with Gasteiger partial charge in [0.2, 0.25) is 0 Å². The lowest BCUT2D eigenvalue weighted by Gasteiger charge is -2.46. The van der Waals surface area contributed by atoms with Crippen LogP contribution in [-0.2, 0) is 30.1 Å². The molecule has 1 fully saturated rings. The molecule has 8 nitrogen and oxygen atoms in total. The van der Waals surface area contributed by atoms with E-state index in [1.54, 1.807) is 16.8 Å². The summed E-state index contributed by atoms with van der Waals surface area (Å²) in [4.78, 5) is 5.67. The van der Waals surface area contributed by atoms with Gasteiger partial charge >= 0.3 is 0 Å². The van der Waals surface area contributed by atoms with E-state index in [9.17, 15) is 0 Å². The normalized spacial score (nSPS) is 21.8. The van der Waals surface area contributed by atoms with Crippen LogP contribution in [0.1, 0.15) is 101 Å². The molecule has 0 amide bonds. The van der Waals surface area contributed by atoms with Crippen molar-refractivity contribution in [3.63, 3.8) is 0 Å². The van der Waals surface area contributed by atoms with Crippen molar-refractivity contribution < 1.29 is 23.7 Å². The number of halogens is 1. The molecule has 4 rings (SSSR count). The van der Waals surface area contributed by atoms with Gasteiger partial charge in [-0.1, -0.05) is 88.4 Å². The number of aromatic nitrogens is 3. The topological polar surface area (TPSA) is 84.8 Å². The Balaban J connectivity index is 1.65. The molecule has 1 saturated heterocycles. The zero-order chi connectivity index (χ0) is 31.9. The highest BCUT2D eigenvalue weighted by atomic mass is 35.5. The zero-order valence-corrected chi connectivity index (χ0v) is 29.6. The molecule has 2 aromatic heterocycles. The van der Waals surface area contributed by atoms with Crippen LogP contribution in [0.3, 0.4) is 0 Å². The van der Waals surface area contributed by atoms with Crippen LogP contribution < -0.4 is 0 Å². The lowest BCUT2D eigenvalue weighted by Crippen LogP contribution is -2.58. The highest BCUT2D eigenvalue weighted by molar-refractivity contribution is 7.20. The molecule has 1 aliphatic heterocycles. The third-order valence-electron chi connectivity index (χ3n) is 7.85. The molecule has 1 aromatic carbocycles. The van der Waals surface area contributed by atoms with E-state index in [-0.39, 0.29) is 30.5 Å². The van der Waals surface area contributed by atoms with Gasteiger partial charge in [0.1, 0.15) is 36.0 Å². The van der Waals surface area contributed by atoms with Crippen LogP contribution >= 0.6 is 34.3 Å². The van der Waals surface area contributed by atoms with Gasteiger partial charge < -0.3 is 23.7 Å². The number of thiazole rings is 1. The predicted molar refractivity (Wildman–Crippen MR) is 183 cm³/mol. The highest BCUT2D eigenvalue weighted by Crippen LogP contribution is 2.39. The Morgan fingerprint density at radius 1 is 0.844 bits per heavy atom. The van der Waals surface area contributed by atoms with Crippen molar-refractivity contribution in [2.24, 2.45) is 0 Å². The van der Waals surface area contributed by atoms with Crippen molar-refractivity contribution in [2.45, 2.75) is 116 Å². The largest absolute Gasteiger partial charge is 0.379 e. The van der Waals surface area contributed by atoms with E-state index in [0.717, 1.165) is 77.4 Å². The average molecular weight is 680 g/mol. The summed E-state index contributed by atoms with van der Waals surface area (Å²) in [6, 6.07) is 6.16. The van der Waals surface area contributed by atoms with E-state index in [1.165, 1.54) is 11.3 Å². The Labute approximate surface area is 282 Å². The van der Waals surface area contributed by atoms with Crippen LogP contribution in [-0.4, -0.2) is 72.6 Å². The maximum atomic E-state index is 6.95. The molecule has 3 aromatic rings. The van der Waals surface area contributed by atoms with E-state index in [2.05, 4.69) is 55.0 Å². The second kappa shape index (κ2) is 20.0. The number of nitrogens with zero attached hydrogens (tertiary/aromatic N) is 3. The molecule has 0 spiro atoms. The van der Waals surface area contributed by atoms with E-state index < -0.39 is 0 Å². The van der Waals surface area contributed by atoms with E-state index in [4.69, 9.17) is 35.3 Å². The molecule has 0 unspecified atom stereocenters. The molecule has 0 saturated carbocycles. The maximum Gasteiger partial charge on any atom is 0.159 e. The second-order valence-electron chi connectivity index (χ2n) is 11.5. The molecular weight excluding hydrogens is 630 g/mol. The summed E-state index contributed by atoms with van der Waals surface area (Å²) in [5.41, 5.74) is 3.73. The fourth-order valence-electron chi connectivity index (χ4n) is 5.27. The Morgan fingerprint density at radius 3 is 2.18 bits per heavy atom. The molecule has 0 aliphatic carbocycles. The number of unbranched alkanes of at least 4 members (excludes halogenated alkanes) is 4. The minimum absolute atomic E-state index is 0.293. The van der Waals surface area contributed by atoms with Crippen LogP contribution in [0.2, 0.25) is 5.02 Å². The monoisotopic (exact) mass is 679 g/mol. The first-order valence-electron chi connectivity index (χ1n) is 16.7. The summed E-state index contributed by atoms with van der Waals surface area (Å²) < 4.78 is 33.0. The minimum atomic E-state index is -0.372. The van der Waals surface area contributed by atoms with Crippen molar-refractivity contribution >= 4 is 34.3 Å². The number of hydrogen-bond donors (Lipinski definition) is 0. The molecule has 11 heteroatoms. The summed E-state index contributed by atoms with van der Waals surface area (Å²) in [7, 11) is 0. The average Bonchev–Trinajstić information content (AvgIpc) is 3.75. The first kappa shape index (κ1) is 36.3. The molecule has 0 radical (unpaired) electrons. The molecule has 0 N–H and O–H groups in total. The standard InChI is InChI=1S/C34H50ClN3O5S2/c1-5-9-15-39-22-27-31(40-16-10-6-2)33(42-18-12-8-4)32(41-17-11-7-3)30(43-27)24-13-14-26(35)25(19-24)20-29-36-21-28(45-29)34-38-37-23-44-34/h13-14,19,21,23,27,30-33H,5-12,15-18,20,22H2,1-4H3/t27-,30+,31-,32+,33+/m1/s1. The Morgan fingerprint density at radius 2 is 1.51 bits per heavy atom. The molecule has 5 atom stereocenters. The first-order chi connectivity index (χ1) is 22.1. The summed E-state index contributed by atoms with van der Waals surface area (Å²) in [6.45, 7) is 11.8. The summed E-state index contributed by atoms with van der Waals surface area (Å²) in [6.07, 6.45) is 9.02. The highest BCUT2D eigenvalue weighted by Gasteiger charge is 2.48. The molecule has 3 heterocycles. The van der Waals surface area contributed by atoms with Gasteiger partial charge in [-0.2, -0.15) is 0 Å². The van der Waals surface area contributed by atoms with Crippen LogP contribution in [0.25, 0.3) is 9.88 Å². The van der Waals surface area contributed by atoms with Gasteiger partial charge in [0.05, 0.1) is 16.5 Å². The molecular formula is C34H50ClN3O5S2. The van der Waals surface area contributed by atoms with E-state index >= 15 is 0 Å². The Hall–Kier alpha value is -1.50. The zero-order valence-electron chi connectivity index (χ0n) is 27.3. The Kier molecular flexibility index (Phi) is 16.1. The van der Waals surface area contributed by atoms with Crippen molar-refractivity contribution in [3.8, 4) is 9.88 Å². The minimum Gasteiger partial charge on any atom is -0.379 e. The third-order valence-corrected chi connectivity index (χ3v) is 10.1. The van der Waals surface area contributed by atoms with Crippen molar-refractivity contribution in [3.05, 3.63) is 51.1 Å². The molecule has 45 heavy (non-hydrogen) atoms. The molecule has 250 valence electrons. The second-order valence-corrected chi connectivity index (χ2v) is 13.8. The third kappa shape index (κ3) is 10.8. The summed E-state index contributed by atoms with van der Waals surface area (Å²) in [5.74, 6) is 0. The van der Waals surface area contributed by atoms with Crippen LogP contribution in [0.15, 0.2) is 29.9 Å². The Bertz CT molecular complexity index is 1230. The van der Waals surface area contributed by atoms with Gasteiger partial charge in [-0.05, 0) is 42.9 Å². The fraction of sp³-hybridized carbons (Fsp3) is 0.676. The van der Waals surface area contributed by atoms with Crippen molar-refractivity contribution in [2.75, 3.05) is 33.0 Å².